The van der Waals surface area contributed by atoms with Crippen molar-refractivity contribution >= 4 is 0 Å². The van der Waals surface area contributed by atoms with E-state index in [1.54, 1.807) is 0 Å². The predicted molar refractivity (Wildman–Crippen MR) is 42.1 cm³/mol. The smallest absolute Gasteiger partial charge is 0 e. The van der Waals surface area contributed by atoms with Crippen molar-refractivity contribution in [3.05, 3.63) is 40.7 Å². The summed E-state index contributed by atoms with van der Waals surface area (Å²) >= 11 is 0. The van der Waals surface area contributed by atoms with Crippen molar-refractivity contribution in [1.82, 2.24) is 0 Å². The van der Waals surface area contributed by atoms with E-state index in [1.807, 2.05) is 0 Å². The molecule has 0 fully saturated rings. The van der Waals surface area contributed by atoms with Crippen LogP contribution >= 0.6 is 0 Å². The van der Waals surface area contributed by atoms with E-state index in [0.29, 0.717) is 0 Å². The largest absolute Gasteiger partial charge is 0.658 e. The number of nitrogens with zero attached hydrogens (tertiary/aromatic N) is 1. The Kier molecular flexibility index (Phi) is 3.70. The van der Waals surface area contributed by atoms with Gasteiger partial charge in [0.15, 0.2) is 0 Å². The van der Waals surface area contributed by atoms with Gasteiger partial charge in [0, 0.05) is 32.7 Å². The molecule has 0 saturated carbocycles. The molecule has 0 saturated heterocycles. The number of benzene rings is 1. The molecule has 1 aliphatic heterocycles. The van der Waals surface area contributed by atoms with E-state index in [1.165, 1.54) is 11.1 Å². The Labute approximate surface area is 92.5 Å². The molecular formula is C9H10NY-. The maximum Gasteiger partial charge on any atom is 0 e. The van der Waals surface area contributed by atoms with Gasteiger partial charge in [0.05, 0.1) is 0 Å². The molecule has 0 unspecified atom stereocenters. The van der Waals surface area contributed by atoms with Crippen LogP contribution < -0.4 is 0 Å². The van der Waals surface area contributed by atoms with E-state index < -0.39 is 0 Å². The second-order valence-electron chi connectivity index (χ2n) is 2.62. The molecule has 1 nitrogen and oxygen atoms in total. The number of hydrogen-bond donors (Lipinski definition) is 0. The molecule has 2 heteroatoms. The van der Waals surface area contributed by atoms with E-state index in [-0.39, 0.29) is 32.7 Å². The van der Waals surface area contributed by atoms with Crippen LogP contribution in [-0.4, -0.2) is 6.54 Å². The van der Waals surface area contributed by atoms with Crippen molar-refractivity contribution in [1.29, 1.82) is 0 Å². The van der Waals surface area contributed by atoms with E-state index in [2.05, 4.69) is 29.6 Å². The first-order valence-corrected chi connectivity index (χ1v) is 3.67. The molecule has 0 aromatic heterocycles. The Bertz CT molecular complexity index is 210. The fourth-order valence-corrected chi connectivity index (χ4v) is 1.35. The van der Waals surface area contributed by atoms with Crippen LogP contribution in [0.2, 0.25) is 0 Å². The van der Waals surface area contributed by atoms with Crippen molar-refractivity contribution in [3.63, 3.8) is 0 Å². The van der Waals surface area contributed by atoms with Crippen LogP contribution in [0.25, 0.3) is 5.32 Å². The monoisotopic (exact) mass is 221 g/mol. The van der Waals surface area contributed by atoms with Gasteiger partial charge in [0.25, 0.3) is 0 Å². The first kappa shape index (κ1) is 9.37. The summed E-state index contributed by atoms with van der Waals surface area (Å²) in [7, 11) is 0. The molecule has 0 N–H and O–H groups in total. The first-order valence-electron chi connectivity index (χ1n) is 3.67. The number of fused-ring (bicyclic) bond motifs is 1. The number of hydrogen-bond acceptors (Lipinski definition) is 0. The maximum absolute atomic E-state index is 4.32. The molecule has 11 heavy (non-hydrogen) atoms. The van der Waals surface area contributed by atoms with Crippen LogP contribution in [0.1, 0.15) is 11.1 Å². The van der Waals surface area contributed by atoms with Gasteiger partial charge in [-0.3, -0.25) is 0 Å². The summed E-state index contributed by atoms with van der Waals surface area (Å²) in [6.07, 6.45) is 1.14. The van der Waals surface area contributed by atoms with Gasteiger partial charge in [-0.1, -0.05) is 29.8 Å². The third-order valence-electron chi connectivity index (χ3n) is 1.94. The van der Waals surface area contributed by atoms with Crippen LogP contribution in [0.4, 0.5) is 0 Å². The minimum Gasteiger partial charge on any atom is -0.658 e. The van der Waals surface area contributed by atoms with Crippen molar-refractivity contribution < 1.29 is 32.7 Å². The Morgan fingerprint density at radius 1 is 1.09 bits per heavy atom. The van der Waals surface area contributed by atoms with Gasteiger partial charge < -0.3 is 5.32 Å². The van der Waals surface area contributed by atoms with Crippen LogP contribution in [0, 0.1) is 0 Å². The minimum atomic E-state index is 0. The van der Waals surface area contributed by atoms with E-state index in [4.69, 9.17) is 0 Å². The Balaban J connectivity index is 0.000000605. The summed E-state index contributed by atoms with van der Waals surface area (Å²) in [6.45, 7) is 1.94. The molecule has 0 bridgehead atoms. The van der Waals surface area contributed by atoms with E-state index in [9.17, 15) is 0 Å². The number of rotatable bonds is 0. The summed E-state index contributed by atoms with van der Waals surface area (Å²) in [6, 6.07) is 8.55. The van der Waals surface area contributed by atoms with Crippen LogP contribution in [0.3, 0.4) is 0 Å². The molecule has 1 aromatic rings. The fraction of sp³-hybridized carbons (Fsp3) is 0.333. The molecule has 1 radical (unpaired) electrons. The van der Waals surface area contributed by atoms with Gasteiger partial charge in [0.2, 0.25) is 0 Å². The summed E-state index contributed by atoms with van der Waals surface area (Å²) < 4.78 is 0. The summed E-state index contributed by atoms with van der Waals surface area (Å²) in [5.74, 6) is 0. The Morgan fingerprint density at radius 3 is 2.55 bits per heavy atom. The molecule has 1 heterocycles. The van der Waals surface area contributed by atoms with Gasteiger partial charge in [-0.25, -0.2) is 0 Å². The minimum absolute atomic E-state index is 0. The topological polar surface area (TPSA) is 14.1 Å². The van der Waals surface area contributed by atoms with Crippen molar-refractivity contribution in [2.24, 2.45) is 0 Å². The van der Waals surface area contributed by atoms with E-state index in [0.717, 1.165) is 19.5 Å². The van der Waals surface area contributed by atoms with Crippen LogP contribution in [-0.2, 0) is 45.7 Å². The standard InChI is InChI=1S/C9H10N.Y/c1-2-4-9-7-10-6-5-8(9)3-1;/h1-4H,5-7H2;/q-1;. The molecule has 55 valence electrons. The Morgan fingerprint density at radius 2 is 1.82 bits per heavy atom. The summed E-state index contributed by atoms with van der Waals surface area (Å²) in [4.78, 5) is 0. The predicted octanol–water partition coefficient (Wildman–Crippen LogP) is 2.11. The average Bonchev–Trinajstić information content (AvgIpc) is 2.05. The fourth-order valence-electron chi connectivity index (χ4n) is 1.35. The molecule has 0 amide bonds. The Hall–Kier alpha value is 0.284. The van der Waals surface area contributed by atoms with Crippen molar-refractivity contribution in [2.75, 3.05) is 6.54 Å². The molecule has 1 aliphatic rings. The first-order chi connectivity index (χ1) is 4.97. The SMILES string of the molecule is [Y].c1ccc2c(c1)CC[N-]C2. The third-order valence-corrected chi connectivity index (χ3v) is 1.94. The van der Waals surface area contributed by atoms with Crippen LogP contribution in [0.15, 0.2) is 24.3 Å². The normalized spacial score (nSPS) is 14.9. The molecular weight excluding hydrogens is 211 g/mol. The van der Waals surface area contributed by atoms with Gasteiger partial charge in [-0.15, -0.1) is 13.1 Å². The van der Waals surface area contributed by atoms with Crippen molar-refractivity contribution in [3.8, 4) is 0 Å². The quantitative estimate of drug-likeness (QED) is 0.637. The average molecular weight is 221 g/mol. The molecule has 0 spiro atoms. The van der Waals surface area contributed by atoms with Gasteiger partial charge in [0.1, 0.15) is 0 Å². The zero-order valence-electron chi connectivity index (χ0n) is 6.46. The van der Waals surface area contributed by atoms with Crippen LogP contribution in [0.5, 0.6) is 0 Å². The molecule has 2 rings (SSSR count). The van der Waals surface area contributed by atoms with Gasteiger partial charge in [-0.05, 0) is 12.0 Å². The van der Waals surface area contributed by atoms with Gasteiger partial charge >= 0.3 is 0 Å². The molecule has 0 aliphatic carbocycles. The van der Waals surface area contributed by atoms with Gasteiger partial charge in [-0.2, -0.15) is 0 Å². The van der Waals surface area contributed by atoms with E-state index >= 15 is 0 Å². The zero-order chi connectivity index (χ0) is 6.81. The second-order valence-corrected chi connectivity index (χ2v) is 2.62. The zero-order valence-corrected chi connectivity index (χ0v) is 9.29. The van der Waals surface area contributed by atoms with Crippen molar-refractivity contribution in [2.45, 2.75) is 13.0 Å². The molecule has 1 aromatic carbocycles. The molecule has 0 atom stereocenters. The maximum atomic E-state index is 4.32. The summed E-state index contributed by atoms with van der Waals surface area (Å²) in [5.41, 5.74) is 2.89. The summed E-state index contributed by atoms with van der Waals surface area (Å²) in [5, 5.41) is 4.32. The third kappa shape index (κ3) is 2.11. The second kappa shape index (κ2) is 4.34.